The molecule has 0 saturated carbocycles. The Morgan fingerprint density at radius 3 is 2.93 bits per heavy atom. The lowest BCUT2D eigenvalue weighted by molar-refractivity contribution is 0.982. The van der Waals surface area contributed by atoms with Crippen LogP contribution in [0.3, 0.4) is 0 Å². The molecule has 0 saturated heterocycles. The van der Waals surface area contributed by atoms with Gasteiger partial charge in [0.05, 0.1) is 0 Å². The molecule has 0 aliphatic heterocycles. The highest BCUT2D eigenvalue weighted by Crippen LogP contribution is 2.06. The van der Waals surface area contributed by atoms with Crippen molar-refractivity contribution in [3.63, 3.8) is 0 Å². The maximum Gasteiger partial charge on any atom is 0.182 e. The van der Waals surface area contributed by atoms with Crippen LogP contribution in [0.25, 0.3) is 0 Å². The fourth-order valence-electron chi connectivity index (χ4n) is 0.943. The Labute approximate surface area is 83.3 Å². The molecule has 0 aromatic carbocycles. The maximum atomic E-state index is 8.72. The Bertz CT molecular complexity index is 365. The molecule has 72 valence electrons. The standard InChI is InChI=1S/C10H12N4/c1-8(2)3-4-13-10-9(7-11)12-5-6-14-10/h5-6H,1,3-4H2,2H3,(H,13,14). The number of hydrogen-bond donors (Lipinski definition) is 1. The number of anilines is 1. The van der Waals surface area contributed by atoms with Gasteiger partial charge in [0.25, 0.3) is 0 Å². The SMILES string of the molecule is C=C(C)CCNc1nccnc1C#N. The van der Waals surface area contributed by atoms with Gasteiger partial charge in [-0.05, 0) is 13.3 Å². The zero-order valence-electron chi connectivity index (χ0n) is 8.12. The van der Waals surface area contributed by atoms with Gasteiger partial charge in [-0.3, -0.25) is 0 Å². The summed E-state index contributed by atoms with van der Waals surface area (Å²) >= 11 is 0. The molecule has 4 heteroatoms. The summed E-state index contributed by atoms with van der Waals surface area (Å²) in [5, 5.41) is 11.8. The third-order valence-corrected chi connectivity index (χ3v) is 1.65. The lowest BCUT2D eigenvalue weighted by Crippen LogP contribution is -2.06. The minimum absolute atomic E-state index is 0.328. The minimum Gasteiger partial charge on any atom is -0.367 e. The Morgan fingerprint density at radius 1 is 1.57 bits per heavy atom. The third kappa shape index (κ3) is 2.87. The first-order valence-corrected chi connectivity index (χ1v) is 4.33. The number of nitrogens with zero attached hydrogens (tertiary/aromatic N) is 3. The first-order chi connectivity index (χ1) is 6.74. The van der Waals surface area contributed by atoms with Crippen molar-refractivity contribution in [1.82, 2.24) is 9.97 Å². The molecule has 0 spiro atoms. The molecule has 1 aromatic heterocycles. The van der Waals surface area contributed by atoms with Gasteiger partial charge in [0.2, 0.25) is 0 Å². The fourth-order valence-corrected chi connectivity index (χ4v) is 0.943. The Kier molecular flexibility index (Phi) is 3.62. The van der Waals surface area contributed by atoms with E-state index in [2.05, 4.69) is 21.9 Å². The summed E-state index contributed by atoms with van der Waals surface area (Å²) in [5.41, 5.74) is 1.43. The highest BCUT2D eigenvalue weighted by Gasteiger charge is 2.01. The molecule has 0 bridgehead atoms. The van der Waals surface area contributed by atoms with Crippen molar-refractivity contribution in [1.29, 1.82) is 5.26 Å². The second kappa shape index (κ2) is 4.97. The molecular weight excluding hydrogens is 176 g/mol. The van der Waals surface area contributed by atoms with E-state index in [9.17, 15) is 0 Å². The van der Waals surface area contributed by atoms with Crippen LogP contribution < -0.4 is 5.32 Å². The van der Waals surface area contributed by atoms with Crippen molar-refractivity contribution < 1.29 is 0 Å². The Hall–Kier alpha value is -1.89. The maximum absolute atomic E-state index is 8.72. The molecule has 0 unspecified atom stereocenters. The summed E-state index contributed by atoms with van der Waals surface area (Å²) in [7, 11) is 0. The molecule has 1 rings (SSSR count). The lowest BCUT2D eigenvalue weighted by Gasteiger charge is -2.05. The molecule has 0 aliphatic rings. The summed E-state index contributed by atoms with van der Waals surface area (Å²) in [6.07, 6.45) is 3.92. The summed E-state index contributed by atoms with van der Waals surface area (Å²) in [6, 6.07) is 1.98. The molecular formula is C10H12N4. The number of hydrogen-bond acceptors (Lipinski definition) is 4. The molecule has 14 heavy (non-hydrogen) atoms. The van der Waals surface area contributed by atoms with Gasteiger partial charge in [0, 0.05) is 18.9 Å². The molecule has 0 radical (unpaired) electrons. The van der Waals surface area contributed by atoms with Crippen LogP contribution in [-0.4, -0.2) is 16.5 Å². The quantitative estimate of drug-likeness (QED) is 0.731. The van der Waals surface area contributed by atoms with Crippen LogP contribution in [0.1, 0.15) is 19.0 Å². The molecule has 0 aliphatic carbocycles. The van der Waals surface area contributed by atoms with Gasteiger partial charge >= 0.3 is 0 Å². The van der Waals surface area contributed by atoms with Crippen LogP contribution in [0, 0.1) is 11.3 Å². The Balaban J connectivity index is 2.59. The molecule has 0 atom stereocenters. The normalized spacial score (nSPS) is 9.14. The zero-order chi connectivity index (χ0) is 10.4. The number of nitriles is 1. The minimum atomic E-state index is 0.328. The van der Waals surface area contributed by atoms with E-state index in [1.807, 2.05) is 13.0 Å². The van der Waals surface area contributed by atoms with E-state index >= 15 is 0 Å². The van der Waals surface area contributed by atoms with Crippen molar-refractivity contribution in [2.24, 2.45) is 0 Å². The predicted octanol–water partition coefficient (Wildman–Crippen LogP) is 1.73. The van der Waals surface area contributed by atoms with Gasteiger partial charge in [0.1, 0.15) is 6.07 Å². The van der Waals surface area contributed by atoms with E-state index in [4.69, 9.17) is 5.26 Å². The van der Waals surface area contributed by atoms with Gasteiger partial charge < -0.3 is 5.32 Å². The van der Waals surface area contributed by atoms with Crippen LogP contribution in [-0.2, 0) is 0 Å². The van der Waals surface area contributed by atoms with Gasteiger partial charge in [-0.2, -0.15) is 5.26 Å². The molecule has 1 aromatic rings. The summed E-state index contributed by atoms with van der Waals surface area (Å²) < 4.78 is 0. The first kappa shape index (κ1) is 10.2. The van der Waals surface area contributed by atoms with Gasteiger partial charge in [-0.1, -0.05) is 5.57 Å². The largest absolute Gasteiger partial charge is 0.367 e. The first-order valence-electron chi connectivity index (χ1n) is 4.33. The average Bonchev–Trinajstić information content (AvgIpc) is 2.18. The molecule has 1 heterocycles. The second-order valence-corrected chi connectivity index (χ2v) is 3.00. The van der Waals surface area contributed by atoms with Gasteiger partial charge in [0.15, 0.2) is 11.5 Å². The van der Waals surface area contributed by atoms with Gasteiger partial charge in [-0.15, -0.1) is 6.58 Å². The lowest BCUT2D eigenvalue weighted by atomic mass is 10.2. The van der Waals surface area contributed by atoms with Crippen LogP contribution in [0.5, 0.6) is 0 Å². The van der Waals surface area contributed by atoms with Crippen molar-refractivity contribution in [3.05, 3.63) is 30.2 Å². The fraction of sp³-hybridized carbons (Fsp3) is 0.300. The summed E-state index contributed by atoms with van der Waals surface area (Å²) in [6.45, 7) is 6.47. The Morgan fingerprint density at radius 2 is 2.29 bits per heavy atom. The molecule has 4 nitrogen and oxygen atoms in total. The van der Waals surface area contributed by atoms with Crippen molar-refractivity contribution >= 4 is 5.82 Å². The summed E-state index contributed by atoms with van der Waals surface area (Å²) in [4.78, 5) is 7.91. The smallest absolute Gasteiger partial charge is 0.182 e. The average molecular weight is 188 g/mol. The monoisotopic (exact) mass is 188 g/mol. The molecule has 0 fully saturated rings. The molecule has 0 amide bonds. The van der Waals surface area contributed by atoms with E-state index in [1.54, 1.807) is 6.20 Å². The third-order valence-electron chi connectivity index (χ3n) is 1.65. The van der Waals surface area contributed by atoms with Crippen LogP contribution in [0.4, 0.5) is 5.82 Å². The van der Waals surface area contributed by atoms with Gasteiger partial charge in [-0.25, -0.2) is 9.97 Å². The number of aromatic nitrogens is 2. The topological polar surface area (TPSA) is 61.6 Å². The van der Waals surface area contributed by atoms with E-state index in [-0.39, 0.29) is 0 Å². The summed E-state index contributed by atoms with van der Waals surface area (Å²) in [5.74, 6) is 0.538. The van der Waals surface area contributed by atoms with Crippen molar-refractivity contribution in [3.8, 4) is 6.07 Å². The van der Waals surface area contributed by atoms with Crippen LogP contribution in [0.15, 0.2) is 24.5 Å². The zero-order valence-corrected chi connectivity index (χ0v) is 8.12. The van der Waals surface area contributed by atoms with E-state index in [0.717, 1.165) is 18.5 Å². The molecule has 1 N–H and O–H groups in total. The highest BCUT2D eigenvalue weighted by atomic mass is 15.0. The second-order valence-electron chi connectivity index (χ2n) is 3.00. The van der Waals surface area contributed by atoms with Crippen molar-refractivity contribution in [2.45, 2.75) is 13.3 Å². The number of nitrogens with one attached hydrogen (secondary N) is 1. The van der Waals surface area contributed by atoms with Crippen molar-refractivity contribution in [2.75, 3.05) is 11.9 Å². The van der Waals surface area contributed by atoms with E-state index in [0.29, 0.717) is 11.5 Å². The van der Waals surface area contributed by atoms with E-state index in [1.165, 1.54) is 6.20 Å². The number of rotatable bonds is 4. The predicted molar refractivity (Wildman–Crippen MR) is 54.7 cm³/mol. The highest BCUT2D eigenvalue weighted by molar-refractivity contribution is 5.46. The van der Waals surface area contributed by atoms with Crippen LogP contribution >= 0.6 is 0 Å². The van der Waals surface area contributed by atoms with Crippen LogP contribution in [0.2, 0.25) is 0 Å². The van der Waals surface area contributed by atoms with E-state index < -0.39 is 0 Å².